The molecule has 0 aromatic heterocycles. The Balaban J connectivity index is 0.000000754. The summed E-state index contributed by atoms with van der Waals surface area (Å²) in [5.74, 6) is -2.76. The fraction of sp³-hybridized carbons (Fsp3) is 0.294. The first-order valence-electron chi connectivity index (χ1n) is 7.11. The maximum Gasteiger partial charge on any atom is 0.414 e. The topological polar surface area (TPSA) is 87.1 Å². The summed E-state index contributed by atoms with van der Waals surface area (Å²) in [5.41, 5.74) is 1.06. The van der Waals surface area contributed by atoms with Crippen molar-refractivity contribution < 1.29 is 24.5 Å². The van der Waals surface area contributed by atoms with Gasteiger partial charge in [-0.05, 0) is 30.7 Å². The normalized spacial score (nSPS) is 9.62. The van der Waals surface area contributed by atoms with E-state index in [1.165, 1.54) is 0 Å². The number of aryl methyl sites for hydroxylation is 1. The Morgan fingerprint density at radius 3 is 2.17 bits per heavy atom. The average Bonchev–Trinajstić information content (AvgIpc) is 2.50. The van der Waals surface area contributed by atoms with E-state index in [1.54, 1.807) is 0 Å². The molecule has 24 heavy (non-hydrogen) atoms. The van der Waals surface area contributed by atoms with Gasteiger partial charge in [0.25, 0.3) is 0 Å². The number of benzene rings is 1. The third-order valence-electron chi connectivity index (χ3n) is 2.76. The fourth-order valence-electron chi connectivity index (χ4n) is 1.68. The Labute approximate surface area is 146 Å². The van der Waals surface area contributed by atoms with E-state index in [9.17, 15) is 0 Å². The Morgan fingerprint density at radius 2 is 1.75 bits per heavy atom. The number of carbonyl (C=O) groups is 2. The zero-order valence-corrected chi connectivity index (χ0v) is 14.3. The lowest BCUT2D eigenvalue weighted by Gasteiger charge is -2.19. The minimum Gasteiger partial charge on any atom is -0.492 e. The van der Waals surface area contributed by atoms with Crippen LogP contribution in [0.2, 0.25) is 5.02 Å². The van der Waals surface area contributed by atoms with Crippen LogP contribution in [0.15, 0.2) is 43.5 Å². The third kappa shape index (κ3) is 9.66. The van der Waals surface area contributed by atoms with Crippen molar-refractivity contribution in [1.82, 2.24) is 4.90 Å². The maximum absolute atomic E-state index is 9.10. The molecule has 0 unspecified atom stereocenters. The van der Waals surface area contributed by atoms with Crippen molar-refractivity contribution in [2.75, 3.05) is 26.2 Å². The summed E-state index contributed by atoms with van der Waals surface area (Å²) in [7, 11) is 0. The zero-order valence-electron chi connectivity index (χ0n) is 13.6. The Hall–Kier alpha value is -2.31. The van der Waals surface area contributed by atoms with Crippen molar-refractivity contribution in [3.63, 3.8) is 0 Å². The maximum atomic E-state index is 9.10. The second-order valence-electron chi connectivity index (χ2n) is 4.71. The predicted molar refractivity (Wildman–Crippen MR) is 93.8 cm³/mol. The second-order valence-corrected chi connectivity index (χ2v) is 5.14. The van der Waals surface area contributed by atoms with Gasteiger partial charge >= 0.3 is 11.9 Å². The summed E-state index contributed by atoms with van der Waals surface area (Å²) in [6, 6.07) is 5.65. The first-order chi connectivity index (χ1) is 11.3. The standard InChI is InChI=1S/C15H20ClNO.C2H2O4/c1-4-8-17(9-5-2)10-11-18-15-7-6-14(16)12-13(15)3;3-1(4)2(5)6/h4-7,12H,1-2,8-11H2,3H3;(H,3,4)(H,5,6). The lowest BCUT2D eigenvalue weighted by molar-refractivity contribution is -0.159. The van der Waals surface area contributed by atoms with Gasteiger partial charge in [0.05, 0.1) is 0 Å². The second kappa shape index (κ2) is 12.2. The third-order valence-corrected chi connectivity index (χ3v) is 2.99. The van der Waals surface area contributed by atoms with Crippen LogP contribution >= 0.6 is 11.6 Å². The molecule has 0 saturated heterocycles. The minimum absolute atomic E-state index is 0.643. The molecular formula is C17H22ClNO5. The van der Waals surface area contributed by atoms with Gasteiger partial charge in [0.15, 0.2) is 0 Å². The van der Waals surface area contributed by atoms with Gasteiger partial charge in [-0.2, -0.15) is 0 Å². The first-order valence-corrected chi connectivity index (χ1v) is 7.48. The van der Waals surface area contributed by atoms with Gasteiger partial charge in [-0.25, -0.2) is 9.59 Å². The number of hydrogen-bond donors (Lipinski definition) is 2. The molecule has 0 saturated carbocycles. The number of carboxylic acid groups (broad SMARTS) is 2. The molecule has 0 spiro atoms. The number of rotatable bonds is 8. The lowest BCUT2D eigenvalue weighted by atomic mass is 10.2. The molecule has 0 amide bonds. The van der Waals surface area contributed by atoms with E-state index in [0.29, 0.717) is 6.61 Å². The van der Waals surface area contributed by atoms with Crippen LogP contribution in [0.5, 0.6) is 5.75 Å². The van der Waals surface area contributed by atoms with E-state index in [4.69, 9.17) is 36.1 Å². The number of nitrogens with zero attached hydrogens (tertiary/aromatic N) is 1. The van der Waals surface area contributed by atoms with Crippen molar-refractivity contribution in [2.45, 2.75) is 6.92 Å². The highest BCUT2D eigenvalue weighted by Crippen LogP contribution is 2.21. The molecule has 132 valence electrons. The van der Waals surface area contributed by atoms with Gasteiger partial charge in [-0.3, -0.25) is 4.90 Å². The molecule has 0 atom stereocenters. The van der Waals surface area contributed by atoms with Crippen LogP contribution in [0.4, 0.5) is 0 Å². The molecule has 0 radical (unpaired) electrons. The van der Waals surface area contributed by atoms with Gasteiger partial charge in [0, 0.05) is 24.7 Å². The summed E-state index contributed by atoms with van der Waals surface area (Å²) >= 11 is 5.90. The van der Waals surface area contributed by atoms with Crippen molar-refractivity contribution in [3.05, 3.63) is 54.1 Å². The molecule has 1 rings (SSSR count). The van der Waals surface area contributed by atoms with E-state index >= 15 is 0 Å². The first kappa shape index (κ1) is 21.7. The average molecular weight is 356 g/mol. The Bertz CT molecular complexity index is 552. The number of halogens is 1. The largest absolute Gasteiger partial charge is 0.492 e. The summed E-state index contributed by atoms with van der Waals surface area (Å²) in [6.07, 6.45) is 3.77. The molecule has 7 heteroatoms. The van der Waals surface area contributed by atoms with E-state index < -0.39 is 11.9 Å². The fourth-order valence-corrected chi connectivity index (χ4v) is 1.91. The molecule has 0 aliphatic heterocycles. The molecule has 0 bridgehead atoms. The molecule has 0 aliphatic carbocycles. The highest BCUT2D eigenvalue weighted by molar-refractivity contribution is 6.30. The van der Waals surface area contributed by atoms with Crippen molar-refractivity contribution in [1.29, 1.82) is 0 Å². The van der Waals surface area contributed by atoms with Crippen LogP contribution < -0.4 is 4.74 Å². The molecule has 2 N–H and O–H groups in total. The van der Waals surface area contributed by atoms with Gasteiger partial charge in [0.1, 0.15) is 12.4 Å². The van der Waals surface area contributed by atoms with Crippen LogP contribution in [0.25, 0.3) is 0 Å². The van der Waals surface area contributed by atoms with Crippen LogP contribution in [0, 0.1) is 6.92 Å². The number of ether oxygens (including phenoxy) is 1. The molecule has 1 aromatic rings. The molecule has 0 aliphatic rings. The van der Waals surface area contributed by atoms with Crippen molar-refractivity contribution >= 4 is 23.5 Å². The van der Waals surface area contributed by atoms with Gasteiger partial charge in [-0.1, -0.05) is 23.8 Å². The Kier molecular flexibility index (Phi) is 11.0. The summed E-state index contributed by atoms with van der Waals surface area (Å²) in [5, 5.41) is 15.5. The zero-order chi connectivity index (χ0) is 18.5. The van der Waals surface area contributed by atoms with Crippen molar-refractivity contribution in [2.24, 2.45) is 0 Å². The van der Waals surface area contributed by atoms with Crippen LogP contribution in [0.1, 0.15) is 5.56 Å². The van der Waals surface area contributed by atoms with Gasteiger partial charge < -0.3 is 14.9 Å². The monoisotopic (exact) mass is 355 g/mol. The van der Waals surface area contributed by atoms with Gasteiger partial charge in [0.2, 0.25) is 0 Å². The number of hydrogen-bond acceptors (Lipinski definition) is 4. The van der Waals surface area contributed by atoms with Crippen LogP contribution in [-0.4, -0.2) is 53.3 Å². The van der Waals surface area contributed by atoms with E-state index in [0.717, 1.165) is 36.0 Å². The molecule has 0 heterocycles. The molecule has 1 aromatic carbocycles. The summed E-state index contributed by atoms with van der Waals surface area (Å²) in [4.78, 5) is 20.4. The number of carboxylic acids is 2. The van der Waals surface area contributed by atoms with Crippen LogP contribution in [-0.2, 0) is 9.59 Å². The quantitative estimate of drug-likeness (QED) is 0.550. The molecular weight excluding hydrogens is 334 g/mol. The van der Waals surface area contributed by atoms with E-state index in [2.05, 4.69) is 18.1 Å². The van der Waals surface area contributed by atoms with Gasteiger partial charge in [-0.15, -0.1) is 13.2 Å². The lowest BCUT2D eigenvalue weighted by Crippen LogP contribution is -2.28. The highest BCUT2D eigenvalue weighted by Gasteiger charge is 2.04. The highest BCUT2D eigenvalue weighted by atomic mass is 35.5. The number of aliphatic carboxylic acids is 2. The minimum atomic E-state index is -1.82. The molecule has 0 fully saturated rings. The molecule has 6 nitrogen and oxygen atoms in total. The van der Waals surface area contributed by atoms with E-state index in [-0.39, 0.29) is 0 Å². The predicted octanol–water partition coefficient (Wildman–Crippen LogP) is 2.86. The Morgan fingerprint density at radius 1 is 1.21 bits per heavy atom. The summed E-state index contributed by atoms with van der Waals surface area (Å²) < 4.78 is 5.75. The SMILES string of the molecule is C=CCN(CC=C)CCOc1ccc(Cl)cc1C.O=C(O)C(=O)O. The van der Waals surface area contributed by atoms with E-state index in [1.807, 2.05) is 37.3 Å². The van der Waals surface area contributed by atoms with Crippen LogP contribution in [0.3, 0.4) is 0 Å². The summed E-state index contributed by atoms with van der Waals surface area (Å²) in [6.45, 7) is 12.7. The smallest absolute Gasteiger partial charge is 0.414 e. The van der Waals surface area contributed by atoms with Crippen molar-refractivity contribution in [3.8, 4) is 5.75 Å².